The van der Waals surface area contributed by atoms with Gasteiger partial charge < -0.3 is 14.6 Å². The van der Waals surface area contributed by atoms with Gasteiger partial charge in [-0.15, -0.1) is 0 Å². The molecule has 2 heterocycles. The number of nitrogens with zero attached hydrogens (tertiary/aromatic N) is 2. The molecule has 1 amide bonds. The maximum atomic E-state index is 11.3. The Labute approximate surface area is 79.5 Å². The van der Waals surface area contributed by atoms with E-state index in [1.165, 1.54) is 6.33 Å². The van der Waals surface area contributed by atoms with E-state index in [0.717, 1.165) is 12.5 Å². The number of likely N-dealkylation sites (tertiary alicyclic amines) is 1. The van der Waals surface area contributed by atoms with Crippen LogP contribution in [0.2, 0.25) is 0 Å². The lowest BCUT2D eigenvalue weighted by molar-refractivity contribution is 0.123. The normalized spacial score (nSPS) is 14.7. The molecular formula is C8H9N3O3. The number of amides is 1. The molecule has 0 saturated carbocycles. The van der Waals surface area contributed by atoms with Crippen LogP contribution in [0.25, 0.3) is 0 Å². The lowest BCUT2D eigenvalue weighted by atomic mass is 10.2. The van der Waals surface area contributed by atoms with Gasteiger partial charge in [-0.3, -0.25) is 4.79 Å². The molecule has 1 saturated heterocycles. The summed E-state index contributed by atoms with van der Waals surface area (Å²) in [6.07, 6.45) is 1.74. The van der Waals surface area contributed by atoms with E-state index in [0.29, 0.717) is 13.1 Å². The van der Waals surface area contributed by atoms with Crippen LogP contribution in [0.15, 0.2) is 17.2 Å². The third-order valence-electron chi connectivity index (χ3n) is 1.96. The number of hydrogen-bond donors (Lipinski definition) is 1. The monoisotopic (exact) mass is 195 g/mol. The summed E-state index contributed by atoms with van der Waals surface area (Å²) in [5, 5.41) is 0. The molecule has 2 rings (SSSR count). The highest BCUT2D eigenvalue weighted by molar-refractivity contribution is 5.70. The molecule has 1 aromatic heterocycles. The first-order chi connectivity index (χ1) is 6.75. The number of nitrogens with one attached hydrogen (secondary N) is 1. The molecule has 1 aliphatic heterocycles. The summed E-state index contributed by atoms with van der Waals surface area (Å²) in [7, 11) is 0. The summed E-state index contributed by atoms with van der Waals surface area (Å²) in [5.41, 5.74) is -0.341. The average Bonchev–Trinajstić information content (AvgIpc) is 1.99. The number of carbonyl (C=O) groups is 1. The van der Waals surface area contributed by atoms with E-state index in [2.05, 4.69) is 9.97 Å². The van der Waals surface area contributed by atoms with Crippen molar-refractivity contribution >= 4 is 6.09 Å². The molecule has 0 radical (unpaired) electrons. The van der Waals surface area contributed by atoms with Gasteiger partial charge in [-0.05, 0) is 6.42 Å². The highest BCUT2D eigenvalue weighted by Gasteiger charge is 2.22. The van der Waals surface area contributed by atoms with Crippen molar-refractivity contribution in [2.75, 3.05) is 13.1 Å². The van der Waals surface area contributed by atoms with Gasteiger partial charge in [-0.2, -0.15) is 0 Å². The van der Waals surface area contributed by atoms with Crippen molar-refractivity contribution in [1.29, 1.82) is 0 Å². The van der Waals surface area contributed by atoms with Gasteiger partial charge in [0, 0.05) is 13.1 Å². The Morgan fingerprint density at radius 1 is 1.57 bits per heavy atom. The Hall–Kier alpha value is -1.85. The van der Waals surface area contributed by atoms with Crippen LogP contribution in [-0.4, -0.2) is 34.1 Å². The first kappa shape index (κ1) is 8.74. The van der Waals surface area contributed by atoms with Crippen molar-refractivity contribution in [3.05, 3.63) is 22.7 Å². The van der Waals surface area contributed by atoms with Crippen LogP contribution in [0, 0.1) is 0 Å². The molecule has 74 valence electrons. The van der Waals surface area contributed by atoms with Gasteiger partial charge in [0.15, 0.2) is 0 Å². The Morgan fingerprint density at radius 2 is 2.36 bits per heavy atom. The van der Waals surface area contributed by atoms with Crippen molar-refractivity contribution < 1.29 is 9.53 Å². The first-order valence-electron chi connectivity index (χ1n) is 4.27. The summed E-state index contributed by atoms with van der Waals surface area (Å²) in [4.78, 5) is 29.7. The predicted molar refractivity (Wildman–Crippen MR) is 47.1 cm³/mol. The molecule has 0 spiro atoms. The summed E-state index contributed by atoms with van der Waals surface area (Å²) in [6.45, 7) is 1.42. The number of rotatable bonds is 1. The van der Waals surface area contributed by atoms with Crippen LogP contribution < -0.4 is 10.3 Å². The first-order valence-corrected chi connectivity index (χ1v) is 4.27. The number of aromatic amines is 1. The SMILES string of the molecule is O=C(Oc1cc(=O)[nH]cn1)N1CCC1. The van der Waals surface area contributed by atoms with E-state index in [1.54, 1.807) is 4.90 Å². The lowest BCUT2D eigenvalue weighted by Gasteiger charge is -2.29. The van der Waals surface area contributed by atoms with Crippen molar-refractivity contribution in [1.82, 2.24) is 14.9 Å². The molecule has 6 nitrogen and oxygen atoms in total. The fourth-order valence-corrected chi connectivity index (χ4v) is 1.06. The number of aromatic nitrogens is 2. The average molecular weight is 195 g/mol. The van der Waals surface area contributed by atoms with E-state index < -0.39 is 6.09 Å². The summed E-state index contributed by atoms with van der Waals surface area (Å²) in [6, 6.07) is 1.14. The molecule has 0 aliphatic carbocycles. The van der Waals surface area contributed by atoms with E-state index in [1.807, 2.05) is 0 Å². The van der Waals surface area contributed by atoms with Crippen LogP contribution in [0.4, 0.5) is 4.79 Å². The zero-order chi connectivity index (χ0) is 9.97. The second-order valence-corrected chi connectivity index (χ2v) is 2.96. The van der Waals surface area contributed by atoms with Crippen LogP contribution in [0.3, 0.4) is 0 Å². The molecule has 1 fully saturated rings. The highest BCUT2D eigenvalue weighted by atomic mass is 16.6. The molecule has 14 heavy (non-hydrogen) atoms. The van der Waals surface area contributed by atoms with Gasteiger partial charge >= 0.3 is 6.09 Å². The van der Waals surface area contributed by atoms with Crippen molar-refractivity contribution in [2.45, 2.75) is 6.42 Å². The smallest absolute Gasteiger partial charge is 0.391 e. The van der Waals surface area contributed by atoms with Crippen molar-refractivity contribution in [3.8, 4) is 5.88 Å². The minimum atomic E-state index is -0.450. The van der Waals surface area contributed by atoms with Crippen LogP contribution >= 0.6 is 0 Å². The van der Waals surface area contributed by atoms with Gasteiger partial charge in [-0.1, -0.05) is 0 Å². The number of hydrogen-bond acceptors (Lipinski definition) is 4. The molecule has 0 aromatic carbocycles. The topological polar surface area (TPSA) is 75.3 Å². The molecule has 1 aliphatic rings. The zero-order valence-corrected chi connectivity index (χ0v) is 7.40. The predicted octanol–water partition coefficient (Wildman–Crippen LogP) is -0.0256. The van der Waals surface area contributed by atoms with Crippen LogP contribution in [0.5, 0.6) is 5.88 Å². The zero-order valence-electron chi connectivity index (χ0n) is 7.40. The molecule has 6 heteroatoms. The van der Waals surface area contributed by atoms with Crippen LogP contribution in [-0.2, 0) is 0 Å². The van der Waals surface area contributed by atoms with Gasteiger partial charge in [0.25, 0.3) is 5.56 Å². The van der Waals surface area contributed by atoms with Gasteiger partial charge in [0.1, 0.15) is 0 Å². The third kappa shape index (κ3) is 1.73. The lowest BCUT2D eigenvalue weighted by Crippen LogP contribution is -2.43. The van der Waals surface area contributed by atoms with Crippen molar-refractivity contribution in [3.63, 3.8) is 0 Å². The molecule has 1 N–H and O–H groups in total. The molecule has 0 bridgehead atoms. The van der Waals surface area contributed by atoms with E-state index in [4.69, 9.17) is 4.74 Å². The second kappa shape index (κ2) is 3.49. The fourth-order valence-electron chi connectivity index (χ4n) is 1.06. The summed E-state index contributed by atoms with van der Waals surface area (Å²) in [5.74, 6) is 0.0330. The van der Waals surface area contributed by atoms with E-state index in [-0.39, 0.29) is 11.4 Å². The molecule has 1 aromatic rings. The number of H-pyrrole nitrogens is 1. The van der Waals surface area contributed by atoms with Gasteiger partial charge in [-0.25, -0.2) is 9.78 Å². The summed E-state index contributed by atoms with van der Waals surface area (Å²) >= 11 is 0. The highest BCUT2D eigenvalue weighted by Crippen LogP contribution is 2.09. The molecular weight excluding hydrogens is 186 g/mol. The quantitative estimate of drug-likeness (QED) is 0.683. The van der Waals surface area contributed by atoms with Crippen molar-refractivity contribution in [2.24, 2.45) is 0 Å². The second-order valence-electron chi connectivity index (χ2n) is 2.96. The van der Waals surface area contributed by atoms with E-state index >= 15 is 0 Å². The number of carbonyl (C=O) groups excluding carboxylic acids is 1. The molecule has 0 atom stereocenters. The van der Waals surface area contributed by atoms with Gasteiger partial charge in [0.2, 0.25) is 5.88 Å². The Bertz CT molecular complexity index is 397. The Kier molecular flexibility index (Phi) is 2.18. The van der Waals surface area contributed by atoms with Gasteiger partial charge in [0.05, 0.1) is 12.4 Å². The standard InChI is InChI=1S/C8H9N3O3/c12-6-4-7(10-5-9-6)14-8(13)11-2-1-3-11/h4-5H,1-3H2,(H,9,10,12). The maximum Gasteiger partial charge on any atom is 0.416 e. The minimum Gasteiger partial charge on any atom is -0.391 e. The third-order valence-corrected chi connectivity index (χ3v) is 1.96. The Morgan fingerprint density at radius 3 is 2.93 bits per heavy atom. The number of ether oxygens (including phenoxy) is 1. The molecule has 0 unspecified atom stereocenters. The minimum absolute atomic E-state index is 0.0330. The largest absolute Gasteiger partial charge is 0.416 e. The maximum absolute atomic E-state index is 11.3. The van der Waals surface area contributed by atoms with E-state index in [9.17, 15) is 9.59 Å². The Balaban J connectivity index is 2.03. The summed E-state index contributed by atoms with van der Waals surface area (Å²) < 4.78 is 4.86. The van der Waals surface area contributed by atoms with Crippen LogP contribution in [0.1, 0.15) is 6.42 Å². The fraction of sp³-hybridized carbons (Fsp3) is 0.375.